The highest BCUT2D eigenvalue weighted by atomic mass is 127. The number of guanidine groups is 1. The van der Waals surface area contributed by atoms with Crippen molar-refractivity contribution in [2.75, 3.05) is 45.7 Å². The minimum Gasteiger partial charge on any atom is -0.406 e. The van der Waals surface area contributed by atoms with Crippen LogP contribution in [0.5, 0.6) is 5.75 Å². The van der Waals surface area contributed by atoms with Crippen molar-refractivity contribution in [1.29, 1.82) is 0 Å². The Morgan fingerprint density at radius 3 is 2.42 bits per heavy atom. The Balaban J connectivity index is 0.00000529. The topological polar surface area (TPSA) is 72.1 Å². The third-order valence-corrected chi connectivity index (χ3v) is 2.80. The van der Waals surface area contributed by atoms with Crippen molar-refractivity contribution < 1.29 is 22.6 Å². The van der Waals surface area contributed by atoms with Gasteiger partial charge in [0.15, 0.2) is 5.96 Å². The van der Waals surface area contributed by atoms with Gasteiger partial charge in [0.2, 0.25) is 0 Å². The second-order valence-electron chi connectivity index (χ2n) is 4.76. The zero-order valence-electron chi connectivity index (χ0n) is 13.5. The van der Waals surface area contributed by atoms with Crippen LogP contribution in [0.2, 0.25) is 0 Å². The average molecular weight is 462 g/mol. The maximum absolute atomic E-state index is 12.0. The van der Waals surface area contributed by atoms with Crippen molar-refractivity contribution in [3.05, 3.63) is 24.3 Å². The van der Waals surface area contributed by atoms with Gasteiger partial charge >= 0.3 is 6.36 Å². The van der Waals surface area contributed by atoms with E-state index < -0.39 is 6.36 Å². The molecule has 1 aromatic carbocycles. The summed E-state index contributed by atoms with van der Waals surface area (Å²) in [6.07, 6.45) is -4.70. The molecule has 0 atom stereocenters. The summed E-state index contributed by atoms with van der Waals surface area (Å²) < 4.78 is 44.9. The molecule has 0 radical (unpaired) electrons. The summed E-state index contributed by atoms with van der Waals surface area (Å²) in [6, 6.07) is 5.24. The van der Waals surface area contributed by atoms with Crippen LogP contribution in [0.1, 0.15) is 0 Å². The Morgan fingerprint density at radius 1 is 1.25 bits per heavy atom. The van der Waals surface area contributed by atoms with E-state index in [0.29, 0.717) is 25.4 Å². The molecule has 0 saturated heterocycles. The molecular formula is C14H22F3IN4O2. The van der Waals surface area contributed by atoms with E-state index in [2.05, 4.69) is 15.0 Å². The highest BCUT2D eigenvalue weighted by molar-refractivity contribution is 14.0. The third kappa shape index (κ3) is 10.5. The van der Waals surface area contributed by atoms with Crippen molar-refractivity contribution in [2.24, 2.45) is 10.7 Å². The second kappa shape index (κ2) is 11.3. The number of alkyl halides is 3. The minimum atomic E-state index is -4.70. The zero-order chi connectivity index (χ0) is 17.3. The largest absolute Gasteiger partial charge is 0.573 e. The van der Waals surface area contributed by atoms with E-state index in [1.54, 1.807) is 7.11 Å². The van der Waals surface area contributed by atoms with Crippen LogP contribution in [0.3, 0.4) is 0 Å². The lowest BCUT2D eigenvalue weighted by Crippen LogP contribution is -2.28. The molecule has 24 heavy (non-hydrogen) atoms. The molecule has 0 bridgehead atoms. The molecule has 3 N–H and O–H groups in total. The molecule has 0 unspecified atom stereocenters. The highest BCUT2D eigenvalue weighted by Gasteiger charge is 2.30. The molecule has 6 nitrogen and oxygen atoms in total. The van der Waals surface area contributed by atoms with Gasteiger partial charge in [-0.2, -0.15) is 0 Å². The Bertz CT molecular complexity index is 498. The van der Waals surface area contributed by atoms with E-state index in [0.717, 1.165) is 6.54 Å². The number of hydrogen-bond donors (Lipinski definition) is 2. The van der Waals surface area contributed by atoms with E-state index in [4.69, 9.17) is 10.5 Å². The molecule has 0 aliphatic rings. The Hall–Kier alpha value is -1.27. The molecule has 0 saturated carbocycles. The maximum atomic E-state index is 12.0. The number of nitrogens with two attached hydrogens (primary N) is 1. The molecule has 0 spiro atoms. The number of aliphatic imine (C=N–C) groups is 1. The summed E-state index contributed by atoms with van der Waals surface area (Å²) >= 11 is 0. The summed E-state index contributed by atoms with van der Waals surface area (Å²) in [6.45, 7) is 2.64. The fourth-order valence-electron chi connectivity index (χ4n) is 1.63. The number of hydrogen-bond acceptors (Lipinski definition) is 4. The maximum Gasteiger partial charge on any atom is 0.573 e. The van der Waals surface area contributed by atoms with Crippen LogP contribution in [-0.2, 0) is 4.74 Å². The van der Waals surface area contributed by atoms with Gasteiger partial charge in [0.05, 0.1) is 13.2 Å². The van der Waals surface area contributed by atoms with Gasteiger partial charge in [-0.15, -0.1) is 37.1 Å². The summed E-state index contributed by atoms with van der Waals surface area (Å²) in [4.78, 5) is 6.18. The fourth-order valence-corrected chi connectivity index (χ4v) is 1.63. The molecule has 0 heterocycles. The van der Waals surface area contributed by atoms with E-state index >= 15 is 0 Å². The molecule has 1 rings (SSSR count). The van der Waals surface area contributed by atoms with Gasteiger partial charge in [0.25, 0.3) is 0 Å². The quantitative estimate of drug-likeness (QED) is 0.353. The standard InChI is InChI=1S/C14H21F3N4O2.HI/c1-21(9-10-22-2)8-7-19-13(18)20-11-3-5-12(6-4-11)23-14(15,16)17;/h3-6H,7-10H2,1-2H3,(H3,18,19,20);1H. The summed E-state index contributed by atoms with van der Waals surface area (Å²) in [5.74, 6) is -0.104. The number of ether oxygens (including phenoxy) is 2. The van der Waals surface area contributed by atoms with Crippen LogP contribution in [0.25, 0.3) is 0 Å². The lowest BCUT2D eigenvalue weighted by atomic mass is 10.3. The molecule has 1 aromatic rings. The lowest BCUT2D eigenvalue weighted by molar-refractivity contribution is -0.274. The average Bonchev–Trinajstić information content (AvgIpc) is 2.45. The minimum absolute atomic E-state index is 0. The summed E-state index contributed by atoms with van der Waals surface area (Å²) in [7, 11) is 3.58. The van der Waals surface area contributed by atoms with Gasteiger partial charge in [0.1, 0.15) is 5.75 Å². The summed E-state index contributed by atoms with van der Waals surface area (Å²) in [5.41, 5.74) is 6.24. The van der Waals surface area contributed by atoms with Crippen LogP contribution in [0.15, 0.2) is 29.3 Å². The molecule has 0 aliphatic heterocycles. The van der Waals surface area contributed by atoms with Gasteiger partial charge in [-0.3, -0.25) is 4.99 Å². The van der Waals surface area contributed by atoms with Crippen molar-refractivity contribution in [3.63, 3.8) is 0 Å². The number of anilines is 1. The van der Waals surface area contributed by atoms with Gasteiger partial charge < -0.3 is 25.4 Å². The number of likely N-dealkylation sites (N-methyl/N-ethyl adjacent to an activating group) is 1. The number of rotatable bonds is 8. The van der Waals surface area contributed by atoms with Crippen molar-refractivity contribution in [2.45, 2.75) is 6.36 Å². The Kier molecular flexibility index (Phi) is 10.7. The first-order valence-electron chi connectivity index (χ1n) is 6.90. The van der Waals surface area contributed by atoms with Gasteiger partial charge in [-0.05, 0) is 31.3 Å². The Labute approximate surface area is 156 Å². The number of nitrogens with zero attached hydrogens (tertiary/aromatic N) is 2. The number of nitrogens with one attached hydrogen (secondary N) is 1. The molecule has 0 aliphatic carbocycles. The van der Waals surface area contributed by atoms with Crippen LogP contribution in [-0.4, -0.2) is 57.6 Å². The highest BCUT2D eigenvalue weighted by Crippen LogP contribution is 2.23. The van der Waals surface area contributed by atoms with E-state index in [1.165, 1.54) is 24.3 Å². The molecule has 0 aromatic heterocycles. The van der Waals surface area contributed by atoms with Crippen LogP contribution in [0.4, 0.5) is 18.9 Å². The predicted molar refractivity (Wildman–Crippen MR) is 98.0 cm³/mol. The number of benzene rings is 1. The van der Waals surface area contributed by atoms with E-state index in [9.17, 15) is 13.2 Å². The van der Waals surface area contributed by atoms with Gasteiger partial charge in [0, 0.05) is 25.9 Å². The first-order valence-corrected chi connectivity index (χ1v) is 6.90. The van der Waals surface area contributed by atoms with Crippen LogP contribution in [0, 0.1) is 0 Å². The monoisotopic (exact) mass is 462 g/mol. The fraction of sp³-hybridized carbons (Fsp3) is 0.500. The van der Waals surface area contributed by atoms with Crippen molar-refractivity contribution in [1.82, 2.24) is 4.90 Å². The zero-order valence-corrected chi connectivity index (χ0v) is 15.8. The molecule has 10 heteroatoms. The van der Waals surface area contributed by atoms with Crippen LogP contribution >= 0.6 is 24.0 Å². The van der Waals surface area contributed by atoms with Crippen LogP contribution < -0.4 is 15.8 Å². The van der Waals surface area contributed by atoms with E-state index in [1.807, 2.05) is 11.9 Å². The normalized spacial score (nSPS) is 12.0. The summed E-state index contributed by atoms with van der Waals surface area (Å²) in [5, 5.41) is 2.80. The molecule has 0 fully saturated rings. The predicted octanol–water partition coefficient (Wildman–Crippen LogP) is 2.51. The van der Waals surface area contributed by atoms with Crippen molar-refractivity contribution >= 4 is 35.6 Å². The molecule has 0 amide bonds. The van der Waals surface area contributed by atoms with Gasteiger partial charge in [-0.1, -0.05) is 0 Å². The molecule has 138 valence electrons. The Morgan fingerprint density at radius 2 is 1.88 bits per heavy atom. The van der Waals surface area contributed by atoms with E-state index in [-0.39, 0.29) is 35.7 Å². The third-order valence-electron chi connectivity index (χ3n) is 2.80. The number of halogens is 4. The first-order chi connectivity index (χ1) is 10.8. The molecular weight excluding hydrogens is 440 g/mol. The smallest absolute Gasteiger partial charge is 0.406 e. The first kappa shape index (κ1) is 22.7. The van der Waals surface area contributed by atoms with Gasteiger partial charge in [-0.25, -0.2) is 0 Å². The second-order valence-corrected chi connectivity index (χ2v) is 4.76. The lowest BCUT2D eigenvalue weighted by Gasteiger charge is -2.14. The number of methoxy groups -OCH3 is 1. The van der Waals surface area contributed by atoms with Crippen molar-refractivity contribution in [3.8, 4) is 5.75 Å². The SMILES string of the molecule is COCCN(C)CCN=C(N)Nc1ccc(OC(F)(F)F)cc1.I.